The molecular weight excluding hydrogens is 421 g/mol. The van der Waals surface area contributed by atoms with Crippen molar-refractivity contribution in [3.8, 4) is 11.3 Å². The average molecular weight is 440 g/mol. The molecule has 0 atom stereocenters. The molecule has 0 aliphatic heterocycles. The number of nitrogens with zero attached hydrogens (tertiary/aromatic N) is 1. The van der Waals surface area contributed by atoms with Crippen molar-refractivity contribution in [3.63, 3.8) is 0 Å². The SMILES string of the molecule is CC[n+]1c(-c2ccccc2)c2cc(N)ccc2c2ccc(NI)cc21. The molecule has 3 N–H and O–H groups in total. The number of aryl methyl sites for hydroxylation is 1. The molecule has 0 radical (unpaired) electrons. The molecule has 0 aliphatic carbocycles. The highest BCUT2D eigenvalue weighted by molar-refractivity contribution is 14.1. The molecule has 0 amide bonds. The number of pyridine rings is 1. The number of hydrogen-bond acceptors (Lipinski definition) is 2. The van der Waals surface area contributed by atoms with E-state index in [2.05, 4.69) is 98.5 Å². The Hall–Kier alpha value is -2.34. The molecule has 0 spiro atoms. The number of nitrogen functional groups attached to an aromatic ring is 1. The van der Waals surface area contributed by atoms with Gasteiger partial charge in [-0.25, -0.2) is 0 Å². The van der Waals surface area contributed by atoms with Crippen LogP contribution in [-0.4, -0.2) is 0 Å². The van der Waals surface area contributed by atoms with Gasteiger partial charge in [-0.15, -0.1) is 0 Å². The molecule has 0 saturated carbocycles. The third-order valence-electron chi connectivity index (χ3n) is 4.62. The van der Waals surface area contributed by atoms with Crippen LogP contribution < -0.4 is 13.8 Å². The van der Waals surface area contributed by atoms with Gasteiger partial charge in [0.05, 0.1) is 33.6 Å². The minimum absolute atomic E-state index is 0.789. The van der Waals surface area contributed by atoms with E-state index in [1.807, 2.05) is 6.07 Å². The zero-order valence-electron chi connectivity index (χ0n) is 14.0. The number of halogens is 1. The Morgan fingerprint density at radius 3 is 2.40 bits per heavy atom. The molecule has 3 aromatic carbocycles. The normalized spacial score (nSPS) is 11.1. The fraction of sp³-hybridized carbons (Fsp3) is 0.0952. The van der Waals surface area contributed by atoms with Gasteiger partial charge in [-0.1, -0.05) is 24.3 Å². The van der Waals surface area contributed by atoms with Crippen LogP contribution in [-0.2, 0) is 6.54 Å². The van der Waals surface area contributed by atoms with Gasteiger partial charge in [0.1, 0.15) is 6.54 Å². The van der Waals surface area contributed by atoms with Crippen molar-refractivity contribution < 1.29 is 4.57 Å². The molecule has 0 aliphatic rings. The fourth-order valence-electron chi connectivity index (χ4n) is 3.54. The van der Waals surface area contributed by atoms with Crippen LogP contribution >= 0.6 is 22.9 Å². The van der Waals surface area contributed by atoms with Crippen molar-refractivity contribution in [2.24, 2.45) is 0 Å². The number of anilines is 2. The summed E-state index contributed by atoms with van der Waals surface area (Å²) in [5.74, 6) is 0. The van der Waals surface area contributed by atoms with E-state index in [0.717, 1.165) is 17.9 Å². The molecule has 4 rings (SSSR count). The smallest absolute Gasteiger partial charge is 0.220 e. The Balaban J connectivity index is 2.24. The lowest BCUT2D eigenvalue weighted by atomic mass is 9.98. The van der Waals surface area contributed by atoms with Gasteiger partial charge in [-0.2, -0.15) is 4.57 Å². The van der Waals surface area contributed by atoms with Gasteiger partial charge in [0.15, 0.2) is 0 Å². The first-order valence-corrected chi connectivity index (χ1v) is 9.41. The van der Waals surface area contributed by atoms with E-state index >= 15 is 0 Å². The Bertz CT molecular complexity index is 1070. The first-order valence-electron chi connectivity index (χ1n) is 8.33. The average Bonchev–Trinajstić information content (AvgIpc) is 2.66. The third-order valence-corrected chi connectivity index (χ3v) is 5.24. The molecule has 0 unspecified atom stereocenters. The predicted molar refractivity (Wildman–Crippen MR) is 115 cm³/mol. The summed E-state index contributed by atoms with van der Waals surface area (Å²) >= 11 is 2.18. The lowest BCUT2D eigenvalue weighted by molar-refractivity contribution is -0.655. The second kappa shape index (κ2) is 6.52. The van der Waals surface area contributed by atoms with Crippen LogP contribution in [0.2, 0.25) is 0 Å². The van der Waals surface area contributed by atoms with Crippen molar-refractivity contribution in [2.75, 3.05) is 9.26 Å². The Kier molecular flexibility index (Phi) is 4.21. The van der Waals surface area contributed by atoms with Gasteiger partial charge < -0.3 is 9.26 Å². The van der Waals surface area contributed by atoms with Crippen molar-refractivity contribution >= 4 is 55.9 Å². The molecule has 4 heteroatoms. The van der Waals surface area contributed by atoms with Gasteiger partial charge in [0.2, 0.25) is 11.2 Å². The van der Waals surface area contributed by atoms with E-state index in [-0.39, 0.29) is 0 Å². The van der Waals surface area contributed by atoms with Gasteiger partial charge in [0, 0.05) is 28.4 Å². The number of aromatic nitrogens is 1. The molecule has 0 bridgehead atoms. The first-order chi connectivity index (χ1) is 12.2. The van der Waals surface area contributed by atoms with Crippen LogP contribution in [0, 0.1) is 0 Å². The van der Waals surface area contributed by atoms with Gasteiger partial charge in [-0.3, -0.25) is 0 Å². The van der Waals surface area contributed by atoms with Crippen LogP contribution in [0.25, 0.3) is 32.9 Å². The number of nitrogens with one attached hydrogen (secondary N) is 1. The summed E-state index contributed by atoms with van der Waals surface area (Å²) in [6.45, 7) is 3.07. The maximum Gasteiger partial charge on any atom is 0.220 e. The molecular formula is C21H19IN3+. The standard InChI is InChI=1S/C21H18IN3/c1-2-25-20-13-16(24-22)9-11-18(20)17-10-8-15(23)12-19(17)21(25)14-6-4-3-5-7-14/h3-13H,2,23H2,1H3/p+1. The number of nitrogens with two attached hydrogens (primary N) is 1. The topological polar surface area (TPSA) is 41.9 Å². The summed E-state index contributed by atoms with van der Waals surface area (Å²) in [7, 11) is 0. The highest BCUT2D eigenvalue weighted by Crippen LogP contribution is 2.33. The van der Waals surface area contributed by atoms with Crippen LogP contribution in [0.4, 0.5) is 11.4 Å². The number of benzene rings is 3. The van der Waals surface area contributed by atoms with Gasteiger partial charge in [0.25, 0.3) is 0 Å². The van der Waals surface area contributed by atoms with E-state index in [1.54, 1.807) is 0 Å². The largest absolute Gasteiger partial charge is 0.399 e. The Labute approximate surface area is 161 Å². The zero-order valence-corrected chi connectivity index (χ0v) is 16.1. The molecule has 3 nitrogen and oxygen atoms in total. The van der Waals surface area contributed by atoms with Crippen molar-refractivity contribution in [3.05, 3.63) is 66.7 Å². The third kappa shape index (κ3) is 2.70. The van der Waals surface area contributed by atoms with E-state index < -0.39 is 0 Å². The van der Waals surface area contributed by atoms with Crippen molar-refractivity contribution in [1.82, 2.24) is 0 Å². The number of rotatable bonds is 3. The van der Waals surface area contributed by atoms with E-state index in [4.69, 9.17) is 5.73 Å². The summed E-state index contributed by atoms with van der Waals surface area (Å²) in [6.07, 6.45) is 0. The van der Waals surface area contributed by atoms with Crippen LogP contribution in [0.15, 0.2) is 66.7 Å². The molecule has 0 saturated heterocycles. The maximum atomic E-state index is 6.13. The first kappa shape index (κ1) is 16.1. The van der Waals surface area contributed by atoms with E-state index in [0.29, 0.717) is 0 Å². The van der Waals surface area contributed by atoms with E-state index in [1.165, 1.54) is 32.9 Å². The zero-order chi connectivity index (χ0) is 17.4. The van der Waals surface area contributed by atoms with Gasteiger partial charge >= 0.3 is 0 Å². The predicted octanol–water partition coefficient (Wildman–Crippen LogP) is 5.31. The summed E-state index contributed by atoms with van der Waals surface area (Å²) in [6, 6.07) is 23.3. The second-order valence-electron chi connectivity index (χ2n) is 6.09. The molecule has 4 aromatic rings. The lowest BCUT2D eigenvalue weighted by Gasteiger charge is -2.12. The van der Waals surface area contributed by atoms with Gasteiger partial charge in [-0.05, 0) is 43.3 Å². The van der Waals surface area contributed by atoms with E-state index in [9.17, 15) is 0 Å². The minimum atomic E-state index is 0.789. The number of hydrogen-bond donors (Lipinski definition) is 2. The van der Waals surface area contributed by atoms with Crippen LogP contribution in [0.5, 0.6) is 0 Å². The summed E-state index contributed by atoms with van der Waals surface area (Å²) in [5, 5.41) is 3.66. The van der Waals surface area contributed by atoms with Crippen molar-refractivity contribution in [2.45, 2.75) is 13.5 Å². The Morgan fingerprint density at radius 1 is 0.920 bits per heavy atom. The van der Waals surface area contributed by atoms with Crippen molar-refractivity contribution in [1.29, 1.82) is 0 Å². The molecule has 1 heterocycles. The monoisotopic (exact) mass is 440 g/mol. The fourth-order valence-corrected chi connectivity index (χ4v) is 3.87. The summed E-state index contributed by atoms with van der Waals surface area (Å²) in [4.78, 5) is 0. The number of fused-ring (bicyclic) bond motifs is 3. The highest BCUT2D eigenvalue weighted by Gasteiger charge is 2.22. The van der Waals surface area contributed by atoms with Crippen LogP contribution in [0.1, 0.15) is 6.92 Å². The molecule has 25 heavy (non-hydrogen) atoms. The summed E-state index contributed by atoms with van der Waals surface area (Å²) in [5.41, 5.74) is 11.7. The molecule has 1 aromatic heterocycles. The molecule has 124 valence electrons. The lowest BCUT2D eigenvalue weighted by Crippen LogP contribution is -2.36. The quantitative estimate of drug-likeness (QED) is 0.149. The second-order valence-corrected chi connectivity index (χ2v) is 6.63. The van der Waals surface area contributed by atoms with Crippen LogP contribution in [0.3, 0.4) is 0 Å². The molecule has 0 fully saturated rings. The minimum Gasteiger partial charge on any atom is -0.399 e. The Morgan fingerprint density at radius 2 is 1.68 bits per heavy atom. The highest BCUT2D eigenvalue weighted by atomic mass is 127. The summed E-state index contributed by atoms with van der Waals surface area (Å²) < 4.78 is 5.60. The maximum absolute atomic E-state index is 6.13.